The molecule has 19 heavy (non-hydrogen) atoms. The molecule has 1 heterocycles. The Kier molecular flexibility index (Phi) is 4.95. The SMILES string of the molecule is Oc1c(Cl)cc(Br)cc1/C=N/NC1=NCC(Br)C=N1. The lowest BCUT2D eigenvalue weighted by Crippen LogP contribution is -2.22. The molecule has 1 aliphatic rings. The van der Waals surface area contributed by atoms with E-state index in [1.807, 2.05) is 0 Å². The van der Waals surface area contributed by atoms with Gasteiger partial charge in [0.1, 0.15) is 5.75 Å². The predicted octanol–water partition coefficient (Wildman–Crippen LogP) is 2.94. The molecule has 0 aromatic heterocycles. The molecule has 5 nitrogen and oxygen atoms in total. The lowest BCUT2D eigenvalue weighted by Gasteiger charge is -2.08. The van der Waals surface area contributed by atoms with Crippen LogP contribution in [0.2, 0.25) is 5.02 Å². The molecule has 0 bridgehead atoms. The summed E-state index contributed by atoms with van der Waals surface area (Å²) >= 11 is 12.5. The van der Waals surface area contributed by atoms with E-state index in [1.54, 1.807) is 18.3 Å². The monoisotopic (exact) mass is 406 g/mol. The van der Waals surface area contributed by atoms with Crippen LogP contribution in [-0.2, 0) is 0 Å². The van der Waals surface area contributed by atoms with E-state index < -0.39 is 0 Å². The molecule has 1 aromatic carbocycles. The third kappa shape index (κ3) is 4.02. The summed E-state index contributed by atoms with van der Waals surface area (Å²) in [6.07, 6.45) is 3.18. The molecule has 0 radical (unpaired) electrons. The molecule has 1 atom stereocenters. The summed E-state index contributed by atoms with van der Waals surface area (Å²) in [5.74, 6) is 0.401. The summed E-state index contributed by atoms with van der Waals surface area (Å²) in [5, 5.41) is 14.0. The van der Waals surface area contributed by atoms with Crippen LogP contribution in [0.4, 0.5) is 0 Å². The molecule has 1 aliphatic heterocycles. The van der Waals surface area contributed by atoms with Gasteiger partial charge in [-0.1, -0.05) is 43.5 Å². The van der Waals surface area contributed by atoms with E-state index in [4.69, 9.17) is 11.6 Å². The van der Waals surface area contributed by atoms with Gasteiger partial charge in [-0.05, 0) is 12.1 Å². The summed E-state index contributed by atoms with van der Waals surface area (Å²) in [5.41, 5.74) is 3.18. The Morgan fingerprint density at radius 2 is 2.32 bits per heavy atom. The van der Waals surface area contributed by atoms with Crippen molar-refractivity contribution >= 4 is 61.8 Å². The van der Waals surface area contributed by atoms with Crippen LogP contribution < -0.4 is 5.43 Å². The second-order valence-corrected chi connectivity index (χ2v) is 6.15. The summed E-state index contributed by atoms with van der Waals surface area (Å²) in [6.45, 7) is 0.606. The molecule has 2 rings (SSSR count). The lowest BCUT2D eigenvalue weighted by molar-refractivity contribution is 0.474. The molecule has 100 valence electrons. The minimum Gasteiger partial charge on any atom is -0.506 e. The minimum absolute atomic E-state index is 0.0231. The number of aromatic hydroxyl groups is 1. The highest BCUT2D eigenvalue weighted by molar-refractivity contribution is 9.10. The number of phenols is 1. The van der Waals surface area contributed by atoms with Crippen LogP contribution in [0.3, 0.4) is 0 Å². The van der Waals surface area contributed by atoms with Crippen molar-refractivity contribution < 1.29 is 5.11 Å². The van der Waals surface area contributed by atoms with Crippen LogP contribution in [0, 0.1) is 0 Å². The van der Waals surface area contributed by atoms with E-state index in [9.17, 15) is 5.11 Å². The quantitative estimate of drug-likeness (QED) is 0.449. The Labute approximate surface area is 131 Å². The van der Waals surface area contributed by atoms with Gasteiger partial charge in [0, 0.05) is 16.3 Å². The van der Waals surface area contributed by atoms with E-state index >= 15 is 0 Å². The van der Waals surface area contributed by atoms with Crippen molar-refractivity contribution in [1.29, 1.82) is 0 Å². The van der Waals surface area contributed by atoms with Gasteiger partial charge in [0.25, 0.3) is 0 Å². The number of hydrogen-bond acceptors (Lipinski definition) is 5. The van der Waals surface area contributed by atoms with E-state index in [1.165, 1.54) is 6.21 Å². The summed E-state index contributed by atoms with van der Waals surface area (Å²) in [6, 6.07) is 3.31. The van der Waals surface area contributed by atoms with Gasteiger partial charge >= 0.3 is 0 Å². The largest absolute Gasteiger partial charge is 0.506 e. The summed E-state index contributed by atoms with van der Waals surface area (Å²) in [7, 11) is 0. The molecule has 0 spiro atoms. The highest BCUT2D eigenvalue weighted by Crippen LogP contribution is 2.30. The molecule has 1 unspecified atom stereocenters. The zero-order valence-electron chi connectivity index (χ0n) is 9.52. The van der Waals surface area contributed by atoms with Crippen LogP contribution in [0.1, 0.15) is 5.56 Å². The average Bonchev–Trinajstić information content (AvgIpc) is 2.37. The predicted molar refractivity (Wildman–Crippen MR) is 85.1 cm³/mol. The fourth-order valence-corrected chi connectivity index (χ4v) is 2.42. The van der Waals surface area contributed by atoms with Crippen molar-refractivity contribution in [2.24, 2.45) is 15.1 Å². The van der Waals surface area contributed by atoms with Gasteiger partial charge in [0.15, 0.2) is 0 Å². The van der Waals surface area contributed by atoms with Gasteiger partial charge in [-0.2, -0.15) is 5.10 Å². The third-order valence-electron chi connectivity index (χ3n) is 2.20. The average molecular weight is 408 g/mol. The number of hydrogen-bond donors (Lipinski definition) is 2. The highest BCUT2D eigenvalue weighted by Gasteiger charge is 2.07. The Morgan fingerprint density at radius 1 is 1.53 bits per heavy atom. The maximum Gasteiger partial charge on any atom is 0.238 e. The topological polar surface area (TPSA) is 69.3 Å². The number of halogens is 3. The van der Waals surface area contributed by atoms with Crippen LogP contribution >= 0.6 is 43.5 Å². The van der Waals surface area contributed by atoms with Gasteiger partial charge in [-0.15, -0.1) is 0 Å². The third-order valence-corrected chi connectivity index (χ3v) is 3.47. The van der Waals surface area contributed by atoms with Crippen molar-refractivity contribution in [2.75, 3.05) is 6.54 Å². The fourth-order valence-electron chi connectivity index (χ4n) is 1.32. The van der Waals surface area contributed by atoms with Crippen molar-refractivity contribution in [2.45, 2.75) is 4.83 Å². The first-order valence-corrected chi connectivity index (χ1v) is 7.34. The van der Waals surface area contributed by atoms with Gasteiger partial charge in [-0.3, -0.25) is 0 Å². The zero-order chi connectivity index (χ0) is 13.8. The minimum atomic E-state index is -0.0231. The number of hydrazone groups is 1. The first-order chi connectivity index (χ1) is 9.06. The molecule has 1 aromatic rings. The first-order valence-electron chi connectivity index (χ1n) is 5.26. The maximum atomic E-state index is 9.76. The van der Waals surface area contributed by atoms with Crippen molar-refractivity contribution in [3.05, 3.63) is 27.2 Å². The molecule has 2 N–H and O–H groups in total. The van der Waals surface area contributed by atoms with Crippen LogP contribution in [0.15, 0.2) is 31.7 Å². The summed E-state index contributed by atoms with van der Waals surface area (Å²) < 4.78 is 0.756. The van der Waals surface area contributed by atoms with Gasteiger partial charge < -0.3 is 5.11 Å². The van der Waals surface area contributed by atoms with Crippen molar-refractivity contribution in [1.82, 2.24) is 5.43 Å². The molecule has 0 amide bonds. The van der Waals surface area contributed by atoms with Crippen LogP contribution in [0.25, 0.3) is 0 Å². The van der Waals surface area contributed by atoms with Gasteiger partial charge in [-0.25, -0.2) is 15.4 Å². The number of aliphatic imine (C=N–C) groups is 2. The smallest absolute Gasteiger partial charge is 0.238 e. The standard InChI is InChI=1S/C11H9Br2ClN4O/c12-7-1-6(10(19)9(14)2-7)3-17-18-11-15-4-8(13)5-16-11/h1-4,8,19H,5H2,(H,16,18)/b17-3+. The molecule has 0 saturated carbocycles. The first kappa shape index (κ1) is 14.5. The molecule has 0 saturated heterocycles. The number of alkyl halides is 1. The van der Waals surface area contributed by atoms with Crippen LogP contribution in [-0.4, -0.2) is 34.9 Å². The number of nitrogens with zero attached hydrogens (tertiary/aromatic N) is 3. The number of benzene rings is 1. The van der Waals surface area contributed by atoms with Crippen molar-refractivity contribution in [3.63, 3.8) is 0 Å². The van der Waals surface area contributed by atoms with Crippen LogP contribution in [0.5, 0.6) is 5.75 Å². The Bertz CT molecular complexity index is 574. The van der Waals surface area contributed by atoms with Gasteiger partial charge in [0.2, 0.25) is 5.96 Å². The lowest BCUT2D eigenvalue weighted by atomic mass is 10.2. The Morgan fingerprint density at radius 3 is 3.00 bits per heavy atom. The van der Waals surface area contributed by atoms with E-state index in [2.05, 4.69) is 52.4 Å². The Balaban J connectivity index is 2.06. The molecule has 8 heteroatoms. The molecule has 0 aliphatic carbocycles. The second kappa shape index (κ2) is 6.49. The molecular formula is C11H9Br2ClN4O. The van der Waals surface area contributed by atoms with E-state index in [-0.39, 0.29) is 15.6 Å². The molecular weight excluding hydrogens is 399 g/mol. The number of guanidine groups is 1. The highest BCUT2D eigenvalue weighted by atomic mass is 79.9. The fraction of sp³-hybridized carbons (Fsp3) is 0.182. The summed E-state index contributed by atoms with van der Waals surface area (Å²) in [4.78, 5) is 8.36. The normalized spacial score (nSPS) is 18.7. The van der Waals surface area contributed by atoms with Crippen molar-refractivity contribution in [3.8, 4) is 5.75 Å². The zero-order valence-corrected chi connectivity index (χ0v) is 13.4. The van der Waals surface area contributed by atoms with E-state index in [0.717, 1.165) is 4.47 Å². The molecule has 0 fully saturated rings. The number of rotatable bonds is 2. The Hall–Kier alpha value is -0.920. The number of nitrogens with one attached hydrogen (secondary N) is 1. The van der Waals surface area contributed by atoms with E-state index in [0.29, 0.717) is 18.1 Å². The number of phenolic OH excluding ortho intramolecular Hbond substituents is 1. The van der Waals surface area contributed by atoms with Gasteiger partial charge in [0.05, 0.1) is 22.6 Å². The second-order valence-electron chi connectivity index (χ2n) is 3.65. The maximum absolute atomic E-state index is 9.76.